The lowest BCUT2D eigenvalue weighted by molar-refractivity contribution is -0.137. The van der Waals surface area contributed by atoms with Crippen molar-refractivity contribution in [3.8, 4) is 5.00 Å². The number of likely N-dealkylation sites (N-methyl/N-ethyl adjacent to an activating group) is 1. The second kappa shape index (κ2) is 9.03. The van der Waals surface area contributed by atoms with Crippen molar-refractivity contribution in [1.82, 2.24) is 9.47 Å². The molecule has 1 N–H and O–H groups in total. The lowest BCUT2D eigenvalue weighted by atomic mass is 10.1. The van der Waals surface area contributed by atoms with Gasteiger partial charge in [0.1, 0.15) is 5.00 Å². The minimum absolute atomic E-state index is 0.322. The molecule has 0 saturated heterocycles. The van der Waals surface area contributed by atoms with Gasteiger partial charge in [-0.25, -0.2) is 0 Å². The predicted molar refractivity (Wildman–Crippen MR) is 121 cm³/mol. The maximum absolute atomic E-state index is 13.4. The second-order valence-corrected chi connectivity index (χ2v) is 9.52. The van der Waals surface area contributed by atoms with E-state index in [2.05, 4.69) is 5.32 Å². The van der Waals surface area contributed by atoms with E-state index in [-0.39, 0.29) is 18.1 Å². The summed E-state index contributed by atoms with van der Waals surface area (Å²) in [5.74, 6) is 0.727. The molecule has 3 heterocycles. The molecule has 168 valence electrons. The van der Waals surface area contributed by atoms with Crippen LogP contribution >= 0.6 is 23.1 Å². The number of thioether (sulfide) groups is 1. The van der Waals surface area contributed by atoms with Gasteiger partial charge in [-0.15, -0.1) is 11.3 Å². The molecule has 0 radical (unpaired) electrons. The standard InChI is InChI=1S/C22H20F3N3O2S2/c1-27(12-18(29)26-16-7-3-2-6-15(16)22(23,24)25)20(30)19-14-8-11-31-13-17(14)32-21(19)28-9-4-5-10-28/h2-7,9-10H,8,11-13H2,1H3,(H,26,29). The van der Waals surface area contributed by atoms with Crippen molar-refractivity contribution in [3.63, 3.8) is 0 Å². The highest BCUT2D eigenvalue weighted by Gasteiger charge is 2.34. The molecule has 0 unspecified atom stereocenters. The van der Waals surface area contributed by atoms with Crippen LogP contribution in [0.1, 0.15) is 26.4 Å². The molecule has 3 aromatic rings. The molecule has 0 saturated carbocycles. The number of anilines is 1. The number of aromatic nitrogens is 1. The molecule has 1 aliphatic heterocycles. The number of benzene rings is 1. The zero-order valence-electron chi connectivity index (χ0n) is 17.1. The third-order valence-corrected chi connectivity index (χ3v) is 7.50. The maximum Gasteiger partial charge on any atom is 0.418 e. The molecule has 0 spiro atoms. The first kappa shape index (κ1) is 22.5. The van der Waals surface area contributed by atoms with E-state index in [1.165, 1.54) is 30.1 Å². The van der Waals surface area contributed by atoms with Crippen molar-refractivity contribution in [3.05, 3.63) is 70.4 Å². The summed E-state index contributed by atoms with van der Waals surface area (Å²) in [6.45, 7) is -0.366. The monoisotopic (exact) mass is 479 g/mol. The molecule has 0 atom stereocenters. The van der Waals surface area contributed by atoms with E-state index in [1.54, 1.807) is 11.3 Å². The molecule has 0 aliphatic carbocycles. The Kier molecular flexibility index (Phi) is 6.34. The molecule has 32 heavy (non-hydrogen) atoms. The Morgan fingerprint density at radius 3 is 2.59 bits per heavy atom. The topological polar surface area (TPSA) is 54.3 Å². The Balaban J connectivity index is 1.55. The van der Waals surface area contributed by atoms with E-state index < -0.39 is 17.6 Å². The summed E-state index contributed by atoms with van der Waals surface area (Å²) >= 11 is 3.37. The molecule has 1 aromatic carbocycles. The summed E-state index contributed by atoms with van der Waals surface area (Å²) in [6.07, 6.45) is -0.104. The number of carbonyl (C=O) groups is 2. The van der Waals surface area contributed by atoms with Gasteiger partial charge in [0.15, 0.2) is 0 Å². The number of nitrogens with zero attached hydrogens (tertiary/aromatic N) is 2. The van der Waals surface area contributed by atoms with Crippen LogP contribution in [0.5, 0.6) is 0 Å². The molecule has 2 aromatic heterocycles. The van der Waals surface area contributed by atoms with Gasteiger partial charge in [-0.05, 0) is 42.0 Å². The lowest BCUT2D eigenvalue weighted by Crippen LogP contribution is -2.36. The van der Waals surface area contributed by atoms with Crippen molar-refractivity contribution >= 4 is 40.6 Å². The number of para-hydroxylation sites is 1. The number of rotatable bonds is 5. The summed E-state index contributed by atoms with van der Waals surface area (Å²) in [5.41, 5.74) is 0.301. The summed E-state index contributed by atoms with van der Waals surface area (Å²) in [6, 6.07) is 8.52. The van der Waals surface area contributed by atoms with E-state index in [4.69, 9.17) is 0 Å². The highest BCUT2D eigenvalue weighted by molar-refractivity contribution is 7.98. The Morgan fingerprint density at radius 2 is 1.88 bits per heavy atom. The van der Waals surface area contributed by atoms with E-state index in [0.29, 0.717) is 5.56 Å². The number of thiophene rings is 1. The molecule has 0 bridgehead atoms. The number of carbonyl (C=O) groups excluding carboxylic acids is 2. The number of nitrogens with one attached hydrogen (secondary N) is 1. The molecule has 0 fully saturated rings. The fourth-order valence-electron chi connectivity index (χ4n) is 3.60. The summed E-state index contributed by atoms with van der Waals surface area (Å²) in [5, 5.41) is 3.09. The van der Waals surface area contributed by atoms with E-state index in [1.807, 2.05) is 40.9 Å². The maximum atomic E-state index is 13.4. The van der Waals surface area contributed by atoms with Gasteiger partial charge in [0.25, 0.3) is 5.91 Å². The zero-order valence-corrected chi connectivity index (χ0v) is 18.7. The molecule has 5 nitrogen and oxygen atoms in total. The van der Waals surface area contributed by atoms with Gasteiger partial charge >= 0.3 is 6.18 Å². The summed E-state index contributed by atoms with van der Waals surface area (Å²) < 4.78 is 41.5. The number of hydrogen-bond acceptors (Lipinski definition) is 4. The predicted octanol–water partition coefficient (Wildman–Crippen LogP) is 5.06. The van der Waals surface area contributed by atoms with E-state index >= 15 is 0 Å². The van der Waals surface area contributed by atoms with Gasteiger partial charge in [-0.3, -0.25) is 9.59 Å². The molecular formula is C22H20F3N3O2S2. The number of halogens is 3. The van der Waals surface area contributed by atoms with E-state index in [9.17, 15) is 22.8 Å². The smallest absolute Gasteiger partial charge is 0.332 e. The highest BCUT2D eigenvalue weighted by Crippen LogP contribution is 2.39. The van der Waals surface area contributed by atoms with Gasteiger partial charge in [0.2, 0.25) is 5.91 Å². The quantitative estimate of drug-likeness (QED) is 0.557. The minimum Gasteiger partial charge on any atom is -0.332 e. The van der Waals surface area contributed by atoms with Crippen molar-refractivity contribution in [2.75, 3.05) is 24.7 Å². The SMILES string of the molecule is CN(CC(=O)Nc1ccccc1C(F)(F)F)C(=O)c1c(-n2cccc2)sc2c1CCSC2. The molecular weight excluding hydrogens is 459 g/mol. The second-order valence-electron chi connectivity index (χ2n) is 7.33. The van der Waals surface area contributed by atoms with Crippen molar-refractivity contribution in [1.29, 1.82) is 0 Å². The number of fused-ring (bicyclic) bond motifs is 1. The lowest BCUT2D eigenvalue weighted by Gasteiger charge is -2.20. The van der Waals surface area contributed by atoms with Crippen LogP contribution < -0.4 is 5.32 Å². The minimum atomic E-state index is -4.59. The summed E-state index contributed by atoms with van der Waals surface area (Å²) in [7, 11) is 1.48. The van der Waals surface area contributed by atoms with Gasteiger partial charge < -0.3 is 14.8 Å². The largest absolute Gasteiger partial charge is 0.418 e. The van der Waals surface area contributed by atoms with Crippen LogP contribution in [0.4, 0.5) is 18.9 Å². The van der Waals surface area contributed by atoms with Crippen LogP contribution in [0.2, 0.25) is 0 Å². The van der Waals surface area contributed by atoms with Crippen molar-refractivity contribution in [2.24, 2.45) is 0 Å². The van der Waals surface area contributed by atoms with Crippen LogP contribution in [0.25, 0.3) is 5.00 Å². The Bertz CT molecular complexity index is 1140. The Labute approximate surface area is 191 Å². The first-order valence-electron chi connectivity index (χ1n) is 9.83. The molecule has 10 heteroatoms. The van der Waals surface area contributed by atoms with Gasteiger partial charge in [-0.1, -0.05) is 12.1 Å². The van der Waals surface area contributed by atoms with Crippen molar-refractivity contribution < 1.29 is 22.8 Å². The Morgan fingerprint density at radius 1 is 1.16 bits per heavy atom. The fourth-order valence-corrected chi connectivity index (χ4v) is 6.04. The van der Waals surface area contributed by atoms with Crippen LogP contribution in [-0.2, 0) is 23.1 Å². The normalized spacial score (nSPS) is 13.5. The van der Waals surface area contributed by atoms with Crippen LogP contribution in [0, 0.1) is 0 Å². The third kappa shape index (κ3) is 4.56. The molecule has 1 aliphatic rings. The third-order valence-electron chi connectivity index (χ3n) is 5.09. The number of amides is 2. The van der Waals surface area contributed by atoms with Gasteiger partial charge in [-0.2, -0.15) is 24.9 Å². The van der Waals surface area contributed by atoms with Crippen LogP contribution in [0.3, 0.4) is 0 Å². The van der Waals surface area contributed by atoms with Crippen LogP contribution in [0.15, 0.2) is 48.8 Å². The van der Waals surface area contributed by atoms with Gasteiger partial charge in [0.05, 0.1) is 23.4 Å². The molecule has 2 amide bonds. The summed E-state index contributed by atoms with van der Waals surface area (Å²) in [4.78, 5) is 28.3. The van der Waals surface area contributed by atoms with Gasteiger partial charge in [0, 0.05) is 30.1 Å². The number of alkyl halides is 3. The van der Waals surface area contributed by atoms with Crippen LogP contribution in [-0.4, -0.2) is 40.6 Å². The highest BCUT2D eigenvalue weighted by atomic mass is 32.2. The van der Waals surface area contributed by atoms with Crippen molar-refractivity contribution in [2.45, 2.75) is 18.3 Å². The molecule has 4 rings (SSSR count). The zero-order chi connectivity index (χ0) is 22.9. The fraction of sp³-hybridized carbons (Fsp3) is 0.273. The Hall–Kier alpha value is -2.72. The van der Waals surface area contributed by atoms with E-state index in [0.717, 1.165) is 39.4 Å². The average molecular weight is 480 g/mol. The first-order valence-corrected chi connectivity index (χ1v) is 11.8. The number of hydrogen-bond donors (Lipinski definition) is 1. The first-order chi connectivity index (χ1) is 15.3. The average Bonchev–Trinajstić information content (AvgIpc) is 3.40.